The molecule has 0 saturated heterocycles. The highest BCUT2D eigenvalue weighted by atomic mass is 16.5. The van der Waals surface area contributed by atoms with Crippen LogP contribution < -0.4 is 0 Å². The van der Waals surface area contributed by atoms with Gasteiger partial charge in [0.1, 0.15) is 5.82 Å². The molecule has 0 fully saturated rings. The van der Waals surface area contributed by atoms with E-state index in [-0.39, 0.29) is 11.6 Å². The molecule has 108 valence electrons. The minimum Gasteiger partial charge on any atom is -0.478 e. The van der Waals surface area contributed by atoms with Crippen molar-refractivity contribution in [1.82, 2.24) is 9.55 Å². The number of ether oxygens (including phenoxy) is 1. The Labute approximate surface area is 118 Å². The molecular formula is C15H20N2O3. The number of carboxylic acid groups (broad SMARTS) is 1. The molecule has 0 aliphatic carbocycles. The molecule has 5 nitrogen and oxygen atoms in total. The van der Waals surface area contributed by atoms with Gasteiger partial charge in [-0.3, -0.25) is 0 Å². The van der Waals surface area contributed by atoms with Crippen molar-refractivity contribution in [3.05, 3.63) is 29.6 Å². The van der Waals surface area contributed by atoms with Gasteiger partial charge in [-0.05, 0) is 31.0 Å². The van der Waals surface area contributed by atoms with Gasteiger partial charge in [-0.2, -0.15) is 0 Å². The van der Waals surface area contributed by atoms with Crippen molar-refractivity contribution in [2.45, 2.75) is 26.8 Å². The lowest BCUT2D eigenvalue weighted by Gasteiger charge is -2.24. The summed E-state index contributed by atoms with van der Waals surface area (Å²) >= 11 is 0. The second-order valence-electron chi connectivity index (χ2n) is 5.30. The molecule has 1 aromatic heterocycles. The Hall–Kier alpha value is -1.88. The van der Waals surface area contributed by atoms with Gasteiger partial charge in [-0.15, -0.1) is 0 Å². The molecule has 1 atom stereocenters. The van der Waals surface area contributed by atoms with E-state index >= 15 is 0 Å². The lowest BCUT2D eigenvalue weighted by Crippen LogP contribution is -2.21. The molecule has 0 aliphatic heterocycles. The molecule has 0 radical (unpaired) electrons. The number of benzene rings is 1. The lowest BCUT2D eigenvalue weighted by molar-refractivity contribution is 0.0697. The van der Waals surface area contributed by atoms with Gasteiger partial charge >= 0.3 is 5.97 Å². The first-order valence-electron chi connectivity index (χ1n) is 6.66. The molecule has 0 spiro atoms. The van der Waals surface area contributed by atoms with E-state index in [9.17, 15) is 4.79 Å². The van der Waals surface area contributed by atoms with Crippen LogP contribution in [0.5, 0.6) is 0 Å². The number of aromatic nitrogens is 2. The number of fused-ring (bicyclic) bond motifs is 1. The standard InChI is InChI=1S/C15H20N2O3/c1-9(2)14(8-20-4)17-10(3)16-12-6-5-11(15(18)19)7-13(12)17/h5-7,9,14H,8H2,1-4H3,(H,18,19). The second-order valence-corrected chi connectivity index (χ2v) is 5.30. The van der Waals surface area contributed by atoms with E-state index in [2.05, 4.69) is 23.4 Å². The third kappa shape index (κ3) is 2.54. The number of carbonyl (C=O) groups is 1. The predicted octanol–water partition coefficient (Wildman–Crippen LogP) is 2.89. The van der Waals surface area contributed by atoms with Gasteiger partial charge in [0, 0.05) is 7.11 Å². The molecule has 0 saturated carbocycles. The van der Waals surface area contributed by atoms with Crippen molar-refractivity contribution >= 4 is 17.0 Å². The highest BCUT2D eigenvalue weighted by Crippen LogP contribution is 2.27. The average molecular weight is 276 g/mol. The lowest BCUT2D eigenvalue weighted by atomic mass is 10.0. The molecule has 2 aromatic rings. The Morgan fingerprint density at radius 3 is 2.70 bits per heavy atom. The third-order valence-corrected chi connectivity index (χ3v) is 3.55. The fourth-order valence-electron chi connectivity index (χ4n) is 2.50. The molecule has 0 bridgehead atoms. The van der Waals surface area contributed by atoms with Crippen molar-refractivity contribution < 1.29 is 14.6 Å². The van der Waals surface area contributed by atoms with Crippen LogP contribution in [-0.4, -0.2) is 34.3 Å². The van der Waals surface area contributed by atoms with Crippen LogP contribution in [0.3, 0.4) is 0 Å². The van der Waals surface area contributed by atoms with E-state index in [4.69, 9.17) is 9.84 Å². The molecule has 1 aromatic carbocycles. The highest BCUT2D eigenvalue weighted by Gasteiger charge is 2.21. The first-order valence-corrected chi connectivity index (χ1v) is 6.66. The molecule has 1 N–H and O–H groups in total. The normalized spacial score (nSPS) is 13.1. The van der Waals surface area contributed by atoms with Gasteiger partial charge in [0.2, 0.25) is 0 Å². The summed E-state index contributed by atoms with van der Waals surface area (Å²) in [5.41, 5.74) is 1.94. The maximum absolute atomic E-state index is 11.1. The molecule has 1 heterocycles. The zero-order valence-corrected chi connectivity index (χ0v) is 12.3. The fraction of sp³-hybridized carbons (Fsp3) is 0.467. The van der Waals surface area contributed by atoms with Gasteiger partial charge in [0.05, 0.1) is 29.2 Å². The van der Waals surface area contributed by atoms with Crippen molar-refractivity contribution in [3.63, 3.8) is 0 Å². The molecule has 2 rings (SSSR count). The summed E-state index contributed by atoms with van der Waals surface area (Å²) in [5, 5.41) is 9.14. The number of rotatable bonds is 5. The quantitative estimate of drug-likeness (QED) is 0.912. The summed E-state index contributed by atoms with van der Waals surface area (Å²) in [6, 6.07) is 5.16. The van der Waals surface area contributed by atoms with E-state index in [0.717, 1.165) is 16.9 Å². The first-order chi connectivity index (χ1) is 9.45. The van der Waals surface area contributed by atoms with Crippen LogP contribution in [-0.2, 0) is 4.74 Å². The zero-order valence-electron chi connectivity index (χ0n) is 12.3. The van der Waals surface area contributed by atoms with Crippen LogP contribution in [0.2, 0.25) is 0 Å². The zero-order chi connectivity index (χ0) is 14.9. The predicted molar refractivity (Wildman–Crippen MR) is 77.2 cm³/mol. The molecule has 0 aliphatic rings. The Balaban J connectivity index is 2.63. The van der Waals surface area contributed by atoms with E-state index in [0.29, 0.717) is 12.5 Å². The summed E-state index contributed by atoms with van der Waals surface area (Å²) in [4.78, 5) is 15.7. The van der Waals surface area contributed by atoms with E-state index in [1.807, 2.05) is 6.92 Å². The number of aryl methyl sites for hydroxylation is 1. The number of hydrogen-bond donors (Lipinski definition) is 1. The molecule has 0 amide bonds. The number of methoxy groups -OCH3 is 1. The fourth-order valence-corrected chi connectivity index (χ4v) is 2.50. The summed E-state index contributed by atoms with van der Waals surface area (Å²) in [7, 11) is 1.67. The molecule has 20 heavy (non-hydrogen) atoms. The number of aromatic carboxylic acids is 1. The SMILES string of the molecule is COCC(C(C)C)n1c(C)nc2ccc(C(=O)O)cc21. The number of nitrogens with zero attached hydrogens (tertiary/aromatic N) is 2. The summed E-state index contributed by atoms with van der Waals surface area (Å²) in [6.07, 6.45) is 0. The van der Waals surface area contributed by atoms with Crippen LogP contribution in [0, 0.1) is 12.8 Å². The number of imidazole rings is 1. The Kier molecular flexibility index (Phi) is 4.09. The van der Waals surface area contributed by atoms with Crippen LogP contribution >= 0.6 is 0 Å². The molecule has 1 unspecified atom stereocenters. The minimum absolute atomic E-state index is 0.133. The Morgan fingerprint density at radius 2 is 2.15 bits per heavy atom. The molecule has 5 heteroatoms. The minimum atomic E-state index is -0.926. The smallest absolute Gasteiger partial charge is 0.335 e. The topological polar surface area (TPSA) is 64.4 Å². The van der Waals surface area contributed by atoms with Crippen LogP contribution in [0.4, 0.5) is 0 Å². The van der Waals surface area contributed by atoms with Crippen molar-refractivity contribution in [1.29, 1.82) is 0 Å². The second kappa shape index (κ2) is 5.63. The maximum Gasteiger partial charge on any atom is 0.335 e. The summed E-state index contributed by atoms with van der Waals surface area (Å²) in [6.45, 7) is 6.75. The monoisotopic (exact) mass is 276 g/mol. The average Bonchev–Trinajstić information content (AvgIpc) is 2.70. The van der Waals surface area contributed by atoms with Crippen molar-refractivity contribution in [3.8, 4) is 0 Å². The maximum atomic E-state index is 11.1. The Morgan fingerprint density at radius 1 is 1.45 bits per heavy atom. The first kappa shape index (κ1) is 14.5. The molecular weight excluding hydrogens is 256 g/mol. The number of hydrogen-bond acceptors (Lipinski definition) is 3. The largest absolute Gasteiger partial charge is 0.478 e. The van der Waals surface area contributed by atoms with Gasteiger partial charge in [-0.1, -0.05) is 13.8 Å². The van der Waals surface area contributed by atoms with Gasteiger partial charge < -0.3 is 14.4 Å². The van der Waals surface area contributed by atoms with Crippen LogP contribution in [0.1, 0.15) is 36.1 Å². The summed E-state index contributed by atoms with van der Waals surface area (Å²) in [5.74, 6) is 0.308. The van der Waals surface area contributed by atoms with E-state index in [1.165, 1.54) is 0 Å². The van der Waals surface area contributed by atoms with Gasteiger partial charge in [0.15, 0.2) is 0 Å². The van der Waals surface area contributed by atoms with Crippen molar-refractivity contribution in [2.75, 3.05) is 13.7 Å². The van der Waals surface area contributed by atoms with Gasteiger partial charge in [0.25, 0.3) is 0 Å². The van der Waals surface area contributed by atoms with Crippen molar-refractivity contribution in [2.24, 2.45) is 5.92 Å². The van der Waals surface area contributed by atoms with E-state index in [1.54, 1.807) is 25.3 Å². The Bertz CT molecular complexity index is 631. The van der Waals surface area contributed by atoms with E-state index < -0.39 is 5.97 Å². The third-order valence-electron chi connectivity index (χ3n) is 3.55. The number of carboxylic acids is 1. The van der Waals surface area contributed by atoms with Crippen LogP contribution in [0.15, 0.2) is 18.2 Å². The van der Waals surface area contributed by atoms with Crippen LogP contribution in [0.25, 0.3) is 11.0 Å². The highest BCUT2D eigenvalue weighted by molar-refractivity contribution is 5.92. The summed E-state index contributed by atoms with van der Waals surface area (Å²) < 4.78 is 7.39. The van der Waals surface area contributed by atoms with Gasteiger partial charge in [-0.25, -0.2) is 9.78 Å².